The largest absolute Gasteiger partial charge is 0.480 e. The molecule has 0 N–H and O–H groups in total. The Hall–Kier alpha value is -1.85. The smallest absolute Gasteiger partial charge is 0.130 e. The van der Waals surface area contributed by atoms with Crippen LogP contribution in [-0.4, -0.2) is 0 Å². The molecular formula is C24H29OP. The fourth-order valence-electron chi connectivity index (χ4n) is 3.54. The van der Waals surface area contributed by atoms with Gasteiger partial charge in [-0.1, -0.05) is 87.6 Å². The van der Waals surface area contributed by atoms with Gasteiger partial charge in [0.2, 0.25) is 0 Å². The molecule has 0 fully saturated rings. The van der Waals surface area contributed by atoms with Gasteiger partial charge in [-0.3, -0.25) is 0 Å². The minimum atomic E-state index is 0.886. The van der Waals surface area contributed by atoms with Gasteiger partial charge in [0.1, 0.15) is 5.75 Å². The number of aryl methyl sites for hydroxylation is 1. The van der Waals surface area contributed by atoms with Crippen LogP contribution in [0.25, 0.3) is 21.9 Å². The summed E-state index contributed by atoms with van der Waals surface area (Å²) < 4.78 is 5.43. The van der Waals surface area contributed by atoms with Crippen LogP contribution < -0.4 is 4.52 Å². The lowest BCUT2D eigenvalue weighted by Crippen LogP contribution is -1.88. The first-order valence-corrected chi connectivity index (χ1v) is 10.3. The second-order valence-corrected chi connectivity index (χ2v) is 7.26. The average molecular weight is 364 g/mol. The molecule has 0 heterocycles. The van der Waals surface area contributed by atoms with Gasteiger partial charge in [0, 0.05) is 5.56 Å². The minimum Gasteiger partial charge on any atom is -0.480 e. The van der Waals surface area contributed by atoms with E-state index in [9.17, 15) is 0 Å². The number of fused-ring (bicyclic) bond motifs is 1. The molecule has 1 atom stereocenters. The van der Waals surface area contributed by atoms with Crippen LogP contribution in [-0.2, 0) is 6.42 Å². The van der Waals surface area contributed by atoms with Gasteiger partial charge in [-0.15, -0.1) is 0 Å². The monoisotopic (exact) mass is 364 g/mol. The van der Waals surface area contributed by atoms with Crippen molar-refractivity contribution in [1.82, 2.24) is 0 Å². The number of benzene rings is 3. The average Bonchev–Trinajstić information content (AvgIpc) is 2.70. The van der Waals surface area contributed by atoms with Crippen molar-refractivity contribution in [3.05, 3.63) is 66.2 Å². The molecule has 0 aromatic heterocycles. The van der Waals surface area contributed by atoms with Crippen LogP contribution in [0.5, 0.6) is 5.75 Å². The highest BCUT2D eigenvalue weighted by molar-refractivity contribution is 7.10. The van der Waals surface area contributed by atoms with Crippen molar-refractivity contribution in [2.24, 2.45) is 0 Å². The molecule has 1 nitrogen and oxygen atoms in total. The highest BCUT2D eigenvalue weighted by atomic mass is 31.0. The molecule has 0 saturated carbocycles. The third-order valence-electron chi connectivity index (χ3n) is 5.05. The maximum absolute atomic E-state index is 5.43. The predicted molar refractivity (Wildman–Crippen MR) is 117 cm³/mol. The van der Waals surface area contributed by atoms with Crippen molar-refractivity contribution >= 4 is 20.2 Å². The van der Waals surface area contributed by atoms with Crippen LogP contribution in [0.2, 0.25) is 0 Å². The second kappa shape index (κ2) is 9.74. The van der Waals surface area contributed by atoms with Crippen LogP contribution in [0, 0.1) is 0 Å². The van der Waals surface area contributed by atoms with E-state index in [4.69, 9.17) is 4.52 Å². The summed E-state index contributed by atoms with van der Waals surface area (Å²) in [4.78, 5) is 0. The maximum atomic E-state index is 5.43. The quantitative estimate of drug-likeness (QED) is 0.281. The summed E-state index contributed by atoms with van der Waals surface area (Å²) in [5, 5.41) is 2.61. The van der Waals surface area contributed by atoms with Gasteiger partial charge >= 0.3 is 0 Å². The topological polar surface area (TPSA) is 9.23 Å². The van der Waals surface area contributed by atoms with Gasteiger partial charge in [0.15, 0.2) is 0 Å². The van der Waals surface area contributed by atoms with Gasteiger partial charge < -0.3 is 4.52 Å². The van der Waals surface area contributed by atoms with Crippen molar-refractivity contribution in [2.75, 3.05) is 0 Å². The van der Waals surface area contributed by atoms with Crippen molar-refractivity contribution < 1.29 is 4.52 Å². The number of rotatable bonds is 9. The van der Waals surface area contributed by atoms with E-state index < -0.39 is 0 Å². The molecule has 3 rings (SSSR count). The van der Waals surface area contributed by atoms with Gasteiger partial charge in [-0.05, 0) is 46.9 Å². The van der Waals surface area contributed by atoms with E-state index in [2.05, 4.69) is 64.9 Å². The van der Waals surface area contributed by atoms with Crippen LogP contribution in [0.4, 0.5) is 0 Å². The molecular weight excluding hydrogens is 335 g/mol. The zero-order chi connectivity index (χ0) is 18.2. The minimum absolute atomic E-state index is 0.886. The Kier molecular flexibility index (Phi) is 7.09. The lowest BCUT2D eigenvalue weighted by Gasteiger charge is -2.10. The fourth-order valence-corrected chi connectivity index (χ4v) is 3.74. The van der Waals surface area contributed by atoms with E-state index in [0.717, 1.165) is 11.3 Å². The third kappa shape index (κ3) is 4.86. The normalized spacial score (nSPS) is 11.0. The predicted octanol–water partition coefficient (Wildman–Crippen LogP) is 7.58. The summed E-state index contributed by atoms with van der Waals surface area (Å²) in [7, 11) is 2.34. The maximum Gasteiger partial charge on any atom is 0.130 e. The summed E-state index contributed by atoms with van der Waals surface area (Å²) in [6.45, 7) is 2.27. The molecule has 0 radical (unpaired) electrons. The Morgan fingerprint density at radius 2 is 1.50 bits per heavy atom. The first-order chi connectivity index (χ1) is 12.8. The standard InChI is InChI=1S/C24H29OP/c1-2-3-4-5-6-7-10-19-13-14-21-18-22(16-15-20(21)17-19)23-11-8-9-12-24(23)25-26/h8-9,11-18H,2-7,10,26H2,1H3. The summed E-state index contributed by atoms with van der Waals surface area (Å²) >= 11 is 0. The molecule has 1 unspecified atom stereocenters. The van der Waals surface area contributed by atoms with E-state index in [1.54, 1.807) is 0 Å². The van der Waals surface area contributed by atoms with Gasteiger partial charge in [0.25, 0.3) is 0 Å². The molecule has 136 valence electrons. The van der Waals surface area contributed by atoms with Crippen molar-refractivity contribution in [1.29, 1.82) is 0 Å². The zero-order valence-corrected chi connectivity index (χ0v) is 16.9. The molecule has 0 amide bonds. The SMILES string of the molecule is CCCCCCCCc1ccc2cc(-c3ccccc3OP)ccc2c1. The molecule has 3 aromatic carbocycles. The third-order valence-corrected chi connectivity index (χ3v) is 5.30. The highest BCUT2D eigenvalue weighted by Gasteiger charge is 2.06. The Morgan fingerprint density at radius 1 is 0.769 bits per heavy atom. The van der Waals surface area contributed by atoms with Crippen molar-refractivity contribution in [3.8, 4) is 16.9 Å². The molecule has 0 aliphatic carbocycles. The highest BCUT2D eigenvalue weighted by Crippen LogP contribution is 2.33. The van der Waals surface area contributed by atoms with Crippen LogP contribution in [0.1, 0.15) is 51.0 Å². The molecule has 0 saturated heterocycles. The summed E-state index contributed by atoms with van der Waals surface area (Å²) in [5.41, 5.74) is 3.77. The molecule has 0 bridgehead atoms. The number of unbranched alkanes of at least 4 members (excludes halogenated alkanes) is 5. The van der Waals surface area contributed by atoms with Crippen LogP contribution in [0.3, 0.4) is 0 Å². The van der Waals surface area contributed by atoms with Gasteiger partial charge in [-0.25, -0.2) is 0 Å². The van der Waals surface area contributed by atoms with Crippen LogP contribution >= 0.6 is 9.47 Å². The Balaban J connectivity index is 1.70. The fraction of sp³-hybridized carbons (Fsp3) is 0.333. The Morgan fingerprint density at radius 3 is 2.35 bits per heavy atom. The van der Waals surface area contributed by atoms with E-state index in [1.165, 1.54) is 66.8 Å². The molecule has 26 heavy (non-hydrogen) atoms. The molecule has 0 spiro atoms. The van der Waals surface area contributed by atoms with Crippen LogP contribution in [0.15, 0.2) is 60.7 Å². The molecule has 0 aliphatic rings. The number of hydrogen-bond donors (Lipinski definition) is 0. The number of para-hydroxylation sites is 1. The Bertz CT molecular complexity index is 840. The van der Waals surface area contributed by atoms with Crippen molar-refractivity contribution in [2.45, 2.75) is 51.9 Å². The van der Waals surface area contributed by atoms with E-state index in [-0.39, 0.29) is 0 Å². The Labute approximate surface area is 160 Å². The summed E-state index contributed by atoms with van der Waals surface area (Å²) in [6, 6.07) is 21.7. The summed E-state index contributed by atoms with van der Waals surface area (Å²) in [6.07, 6.45) is 9.30. The van der Waals surface area contributed by atoms with Crippen molar-refractivity contribution in [3.63, 3.8) is 0 Å². The molecule has 3 aromatic rings. The number of hydrogen-bond acceptors (Lipinski definition) is 1. The van der Waals surface area contributed by atoms with E-state index in [0.29, 0.717) is 0 Å². The molecule has 2 heteroatoms. The molecule has 0 aliphatic heterocycles. The van der Waals surface area contributed by atoms with Gasteiger partial charge in [-0.2, -0.15) is 0 Å². The first kappa shape index (κ1) is 18.9. The lowest BCUT2D eigenvalue weighted by atomic mass is 9.98. The summed E-state index contributed by atoms with van der Waals surface area (Å²) in [5.74, 6) is 0.886. The second-order valence-electron chi connectivity index (χ2n) is 7.03. The van der Waals surface area contributed by atoms with E-state index in [1.807, 2.05) is 12.1 Å². The lowest BCUT2D eigenvalue weighted by molar-refractivity contribution is 0.607. The zero-order valence-electron chi connectivity index (χ0n) is 15.7. The first-order valence-electron chi connectivity index (χ1n) is 9.80. The van der Waals surface area contributed by atoms with E-state index >= 15 is 0 Å². The van der Waals surface area contributed by atoms with Gasteiger partial charge in [0.05, 0.1) is 9.47 Å².